The van der Waals surface area contributed by atoms with Gasteiger partial charge in [-0.05, 0) is 25.0 Å². The highest BCUT2D eigenvalue weighted by molar-refractivity contribution is 5.88. The van der Waals surface area contributed by atoms with Crippen molar-refractivity contribution < 1.29 is 15.0 Å². The molecule has 2 aromatic heterocycles. The van der Waals surface area contributed by atoms with E-state index in [9.17, 15) is 4.79 Å². The van der Waals surface area contributed by atoms with Crippen molar-refractivity contribution in [2.24, 2.45) is 0 Å². The van der Waals surface area contributed by atoms with Crippen LogP contribution in [0.1, 0.15) is 22.5 Å². The molecule has 2 aromatic rings. The lowest BCUT2D eigenvalue weighted by Gasteiger charge is -1.94. The van der Waals surface area contributed by atoms with Gasteiger partial charge in [-0.15, -0.1) is 0 Å². The van der Waals surface area contributed by atoms with Crippen molar-refractivity contribution in [1.29, 1.82) is 0 Å². The van der Waals surface area contributed by atoms with Crippen molar-refractivity contribution in [1.82, 2.24) is 9.38 Å². The molecule has 0 saturated carbocycles. The van der Waals surface area contributed by atoms with E-state index in [0.717, 1.165) is 5.69 Å². The van der Waals surface area contributed by atoms with Crippen LogP contribution in [0.4, 0.5) is 0 Å². The van der Waals surface area contributed by atoms with Crippen LogP contribution in [0.5, 0.6) is 0 Å². The number of aryl methyl sites for hydroxylation is 1. The number of aliphatic hydroxyl groups is 1. The monoisotopic (exact) mass is 220 g/mol. The summed E-state index contributed by atoms with van der Waals surface area (Å²) in [6.45, 7) is 0.133. The predicted octanol–water partition coefficient (Wildman–Crippen LogP) is 0.957. The number of nitrogens with zero attached hydrogens (tertiary/aromatic N) is 2. The minimum atomic E-state index is -0.956. The smallest absolute Gasteiger partial charge is 0.335 e. The van der Waals surface area contributed by atoms with Crippen LogP contribution in [-0.2, 0) is 6.42 Å². The average molecular weight is 220 g/mol. The van der Waals surface area contributed by atoms with E-state index in [0.29, 0.717) is 18.5 Å². The summed E-state index contributed by atoms with van der Waals surface area (Å²) in [7, 11) is 0. The lowest BCUT2D eigenvalue weighted by molar-refractivity contribution is 0.0697. The number of carbonyl (C=O) groups is 1. The van der Waals surface area contributed by atoms with Crippen LogP contribution < -0.4 is 0 Å². The number of aromatic carboxylic acids is 1. The van der Waals surface area contributed by atoms with Gasteiger partial charge in [-0.2, -0.15) is 0 Å². The lowest BCUT2D eigenvalue weighted by atomic mass is 10.3. The van der Waals surface area contributed by atoms with E-state index in [-0.39, 0.29) is 12.2 Å². The maximum atomic E-state index is 10.8. The third-order valence-corrected chi connectivity index (χ3v) is 2.35. The van der Waals surface area contributed by atoms with Gasteiger partial charge in [-0.1, -0.05) is 0 Å². The first-order chi connectivity index (χ1) is 7.70. The molecule has 0 spiro atoms. The summed E-state index contributed by atoms with van der Waals surface area (Å²) in [5.74, 6) is -0.956. The number of pyridine rings is 1. The molecule has 0 radical (unpaired) electrons. The van der Waals surface area contributed by atoms with E-state index < -0.39 is 5.97 Å². The Kier molecular flexibility index (Phi) is 2.87. The number of carboxylic acids is 1. The number of fused-ring (bicyclic) bond motifs is 1. The van der Waals surface area contributed by atoms with Gasteiger partial charge >= 0.3 is 5.97 Å². The molecule has 2 N–H and O–H groups in total. The van der Waals surface area contributed by atoms with E-state index >= 15 is 0 Å². The molecule has 2 heterocycles. The standard InChI is InChI=1S/C11H12N2O3/c14-5-1-2-9-7-13-4-3-8(11(15)16)6-10(13)12-9/h3-4,6-7,14H,1-2,5H2,(H,15,16). The van der Waals surface area contributed by atoms with Gasteiger partial charge in [-0.25, -0.2) is 9.78 Å². The van der Waals surface area contributed by atoms with Gasteiger partial charge in [0.15, 0.2) is 0 Å². The summed E-state index contributed by atoms with van der Waals surface area (Å²) < 4.78 is 1.78. The van der Waals surface area contributed by atoms with Gasteiger partial charge in [-0.3, -0.25) is 0 Å². The fourth-order valence-electron chi connectivity index (χ4n) is 1.55. The zero-order valence-electron chi connectivity index (χ0n) is 8.63. The highest BCUT2D eigenvalue weighted by Gasteiger charge is 2.06. The summed E-state index contributed by atoms with van der Waals surface area (Å²) >= 11 is 0. The molecule has 0 aliphatic rings. The number of hydrogen-bond donors (Lipinski definition) is 2. The Morgan fingerprint density at radius 3 is 3.00 bits per heavy atom. The van der Waals surface area contributed by atoms with Gasteiger partial charge < -0.3 is 14.6 Å². The maximum absolute atomic E-state index is 10.8. The van der Waals surface area contributed by atoms with Gasteiger partial charge in [0.05, 0.1) is 11.3 Å². The van der Waals surface area contributed by atoms with Gasteiger partial charge in [0.25, 0.3) is 0 Å². The number of carboxylic acid groups (broad SMARTS) is 1. The second kappa shape index (κ2) is 4.32. The van der Waals surface area contributed by atoms with E-state index in [1.165, 1.54) is 12.1 Å². The molecule has 5 heteroatoms. The lowest BCUT2D eigenvalue weighted by Crippen LogP contribution is -1.96. The van der Waals surface area contributed by atoms with Crippen LogP contribution in [0.2, 0.25) is 0 Å². The van der Waals surface area contributed by atoms with Crippen LogP contribution >= 0.6 is 0 Å². The molecule has 84 valence electrons. The summed E-state index contributed by atoms with van der Waals surface area (Å²) in [6, 6.07) is 3.07. The van der Waals surface area contributed by atoms with E-state index in [1.807, 2.05) is 6.20 Å². The molecule has 0 aromatic carbocycles. The first kappa shape index (κ1) is 10.6. The Morgan fingerprint density at radius 2 is 2.31 bits per heavy atom. The summed E-state index contributed by atoms with van der Waals surface area (Å²) in [5.41, 5.74) is 1.70. The molecule has 0 unspecified atom stereocenters. The van der Waals surface area contributed by atoms with Crippen molar-refractivity contribution in [2.45, 2.75) is 12.8 Å². The highest BCUT2D eigenvalue weighted by Crippen LogP contribution is 2.09. The molecule has 0 saturated heterocycles. The second-order valence-electron chi connectivity index (χ2n) is 3.55. The van der Waals surface area contributed by atoms with E-state index in [2.05, 4.69) is 4.98 Å². The number of rotatable bonds is 4. The van der Waals surface area contributed by atoms with Gasteiger partial charge in [0.2, 0.25) is 0 Å². The third kappa shape index (κ3) is 2.04. The van der Waals surface area contributed by atoms with Crippen LogP contribution in [0, 0.1) is 0 Å². The largest absolute Gasteiger partial charge is 0.478 e. The van der Waals surface area contributed by atoms with Crippen molar-refractivity contribution >= 4 is 11.6 Å². The Hall–Kier alpha value is -1.88. The summed E-state index contributed by atoms with van der Waals surface area (Å²) in [4.78, 5) is 15.0. The Morgan fingerprint density at radius 1 is 1.50 bits per heavy atom. The molecule has 0 aliphatic carbocycles. The topological polar surface area (TPSA) is 74.8 Å². The van der Waals surface area contributed by atoms with Crippen LogP contribution in [0.25, 0.3) is 5.65 Å². The first-order valence-electron chi connectivity index (χ1n) is 5.02. The second-order valence-corrected chi connectivity index (χ2v) is 3.55. The Bertz CT molecular complexity index is 519. The Labute approximate surface area is 92.0 Å². The van der Waals surface area contributed by atoms with Crippen LogP contribution in [0.3, 0.4) is 0 Å². The molecular formula is C11H12N2O3. The number of aromatic nitrogens is 2. The summed E-state index contributed by atoms with van der Waals surface area (Å²) in [6.07, 6.45) is 4.88. The number of hydrogen-bond acceptors (Lipinski definition) is 3. The normalized spacial score (nSPS) is 10.8. The maximum Gasteiger partial charge on any atom is 0.335 e. The Balaban J connectivity index is 2.34. The van der Waals surface area contributed by atoms with Crippen molar-refractivity contribution in [3.05, 3.63) is 35.8 Å². The van der Waals surface area contributed by atoms with Crippen molar-refractivity contribution in [3.63, 3.8) is 0 Å². The molecular weight excluding hydrogens is 208 g/mol. The highest BCUT2D eigenvalue weighted by atomic mass is 16.4. The van der Waals surface area contributed by atoms with Crippen LogP contribution in [0.15, 0.2) is 24.5 Å². The first-order valence-corrected chi connectivity index (χ1v) is 5.02. The predicted molar refractivity (Wildman–Crippen MR) is 57.6 cm³/mol. The van der Waals surface area contributed by atoms with Crippen LogP contribution in [-0.4, -0.2) is 32.2 Å². The van der Waals surface area contributed by atoms with Gasteiger partial charge in [0.1, 0.15) is 5.65 Å². The molecule has 2 rings (SSSR count). The minimum Gasteiger partial charge on any atom is -0.478 e. The molecule has 16 heavy (non-hydrogen) atoms. The van der Waals surface area contributed by atoms with E-state index in [1.54, 1.807) is 10.6 Å². The van der Waals surface area contributed by atoms with E-state index in [4.69, 9.17) is 10.2 Å². The third-order valence-electron chi connectivity index (χ3n) is 2.35. The SMILES string of the molecule is O=C(O)c1ccn2cc(CCCO)nc2c1. The average Bonchev–Trinajstić information content (AvgIpc) is 2.67. The van der Waals surface area contributed by atoms with Crippen molar-refractivity contribution in [2.75, 3.05) is 6.61 Å². The fraction of sp³-hybridized carbons (Fsp3) is 0.273. The quantitative estimate of drug-likeness (QED) is 0.804. The zero-order valence-corrected chi connectivity index (χ0v) is 8.63. The molecule has 0 fully saturated rings. The van der Waals surface area contributed by atoms with Crippen molar-refractivity contribution in [3.8, 4) is 0 Å². The molecule has 0 amide bonds. The molecule has 5 nitrogen and oxygen atoms in total. The number of imidazole rings is 1. The molecule has 0 atom stereocenters. The molecule has 0 bridgehead atoms. The number of aliphatic hydroxyl groups excluding tert-OH is 1. The zero-order chi connectivity index (χ0) is 11.5. The fourth-order valence-corrected chi connectivity index (χ4v) is 1.55. The van der Waals surface area contributed by atoms with Gasteiger partial charge in [0, 0.05) is 19.0 Å². The minimum absolute atomic E-state index is 0.133. The molecule has 0 aliphatic heterocycles. The summed E-state index contributed by atoms with van der Waals surface area (Å²) in [5, 5.41) is 17.5.